The molecule has 0 saturated heterocycles. The third kappa shape index (κ3) is 4.58. The number of anilines is 1. The number of sulfonamides is 1. The Kier molecular flexibility index (Phi) is 5.79. The van der Waals surface area contributed by atoms with Crippen LogP contribution in [-0.2, 0) is 16.6 Å². The van der Waals surface area contributed by atoms with Crippen LogP contribution in [0.25, 0.3) is 0 Å². The van der Waals surface area contributed by atoms with Crippen LogP contribution in [0.4, 0.5) is 5.82 Å². The monoisotopic (exact) mass is 399 g/mol. The van der Waals surface area contributed by atoms with E-state index in [-0.39, 0.29) is 16.6 Å². The number of hydrogen-bond donors (Lipinski definition) is 1. The van der Waals surface area contributed by atoms with E-state index in [9.17, 15) is 13.2 Å². The van der Waals surface area contributed by atoms with Crippen molar-refractivity contribution in [3.8, 4) is 0 Å². The molecule has 0 aliphatic carbocycles. The van der Waals surface area contributed by atoms with E-state index in [2.05, 4.69) is 9.88 Å². The smallest absolute Gasteiger partial charge is 0.263 e. The van der Waals surface area contributed by atoms with E-state index in [1.54, 1.807) is 11.8 Å². The van der Waals surface area contributed by atoms with Gasteiger partial charge in [-0.15, -0.1) is 0 Å². The molecule has 0 aliphatic heterocycles. The number of rotatable bonds is 7. The maximum Gasteiger partial charge on any atom is 0.263 e. The first-order valence-electron chi connectivity index (χ1n) is 8.78. The van der Waals surface area contributed by atoms with E-state index in [1.807, 2.05) is 37.3 Å². The van der Waals surface area contributed by atoms with E-state index in [1.165, 1.54) is 30.3 Å². The highest BCUT2D eigenvalue weighted by molar-refractivity contribution is 7.92. The zero-order valence-electron chi connectivity index (χ0n) is 15.6. The normalized spacial score (nSPS) is 11.2. The van der Waals surface area contributed by atoms with Crippen LogP contribution in [0.2, 0.25) is 0 Å². The van der Waals surface area contributed by atoms with E-state index < -0.39 is 10.0 Å². The second-order valence-corrected chi connectivity index (χ2v) is 7.94. The summed E-state index contributed by atoms with van der Waals surface area (Å²) in [4.78, 5) is 14.5. The molecule has 1 heterocycles. The summed E-state index contributed by atoms with van der Waals surface area (Å²) in [6.07, 6.45) is 0. The van der Waals surface area contributed by atoms with E-state index in [0.29, 0.717) is 24.4 Å². The van der Waals surface area contributed by atoms with Gasteiger partial charge in [0.25, 0.3) is 15.9 Å². The second-order valence-electron chi connectivity index (χ2n) is 6.26. The lowest BCUT2D eigenvalue weighted by Gasteiger charge is -2.21. The van der Waals surface area contributed by atoms with Crippen molar-refractivity contribution >= 4 is 21.7 Å². The minimum atomic E-state index is -3.81. The first kappa shape index (κ1) is 19.6. The Balaban J connectivity index is 1.74. The van der Waals surface area contributed by atoms with Gasteiger partial charge in [0.05, 0.1) is 4.90 Å². The highest BCUT2D eigenvalue weighted by atomic mass is 32.2. The Labute approximate surface area is 164 Å². The van der Waals surface area contributed by atoms with Crippen molar-refractivity contribution in [2.24, 2.45) is 0 Å². The summed E-state index contributed by atoms with van der Waals surface area (Å²) in [5, 5.41) is 3.62. The number of aromatic nitrogens is 1. The fourth-order valence-electron chi connectivity index (χ4n) is 2.70. The van der Waals surface area contributed by atoms with Gasteiger partial charge in [-0.25, -0.2) is 8.42 Å². The molecule has 7 nitrogen and oxygen atoms in total. The van der Waals surface area contributed by atoms with Crippen LogP contribution in [0.3, 0.4) is 0 Å². The molecule has 0 radical (unpaired) electrons. The average molecular weight is 399 g/mol. The molecule has 1 N–H and O–H groups in total. The van der Waals surface area contributed by atoms with Gasteiger partial charge in [0, 0.05) is 24.7 Å². The maximum absolute atomic E-state index is 12.8. The zero-order valence-corrected chi connectivity index (χ0v) is 16.4. The molecule has 1 amide bonds. The van der Waals surface area contributed by atoms with Gasteiger partial charge in [0.1, 0.15) is 5.76 Å². The van der Waals surface area contributed by atoms with Crippen molar-refractivity contribution in [3.05, 3.63) is 77.6 Å². The molecule has 0 spiro atoms. The van der Waals surface area contributed by atoms with E-state index in [0.717, 1.165) is 5.56 Å². The number of carbonyl (C=O) groups excluding carboxylic acids is 1. The number of nitrogens with one attached hydrogen (secondary N) is 1. The van der Waals surface area contributed by atoms with E-state index in [4.69, 9.17) is 4.52 Å². The summed E-state index contributed by atoms with van der Waals surface area (Å²) in [6, 6.07) is 17.0. The molecule has 0 unspecified atom stereocenters. The highest BCUT2D eigenvalue weighted by Gasteiger charge is 2.19. The molecule has 3 rings (SSSR count). The maximum atomic E-state index is 12.8. The van der Waals surface area contributed by atoms with Crippen molar-refractivity contribution in [1.82, 2.24) is 10.1 Å². The molecule has 0 fully saturated rings. The minimum Gasteiger partial charge on any atom is -0.360 e. The van der Waals surface area contributed by atoms with Crippen molar-refractivity contribution in [1.29, 1.82) is 0 Å². The van der Waals surface area contributed by atoms with Crippen molar-refractivity contribution in [3.63, 3.8) is 0 Å². The summed E-state index contributed by atoms with van der Waals surface area (Å²) in [6.45, 7) is 4.60. The molecule has 0 saturated carbocycles. The topological polar surface area (TPSA) is 92.5 Å². The third-order valence-corrected chi connectivity index (χ3v) is 5.53. The Bertz CT molecular complexity index is 1040. The van der Waals surface area contributed by atoms with Gasteiger partial charge in [-0.1, -0.05) is 35.5 Å². The van der Waals surface area contributed by atoms with Crippen LogP contribution in [0.5, 0.6) is 0 Å². The number of aryl methyl sites for hydroxylation is 1. The molecule has 1 aromatic heterocycles. The lowest BCUT2D eigenvalue weighted by Crippen LogP contribution is -2.30. The van der Waals surface area contributed by atoms with Gasteiger partial charge in [0.15, 0.2) is 5.82 Å². The fourth-order valence-corrected chi connectivity index (χ4v) is 3.69. The van der Waals surface area contributed by atoms with Crippen molar-refractivity contribution in [2.75, 3.05) is 11.3 Å². The Morgan fingerprint density at radius 2 is 1.79 bits per heavy atom. The molecule has 0 bridgehead atoms. The Morgan fingerprint density at radius 3 is 2.36 bits per heavy atom. The van der Waals surface area contributed by atoms with Gasteiger partial charge in [-0.2, -0.15) is 0 Å². The first-order chi connectivity index (χ1) is 13.4. The fraction of sp³-hybridized carbons (Fsp3) is 0.200. The summed E-state index contributed by atoms with van der Waals surface area (Å²) in [7, 11) is -3.81. The molecule has 146 valence electrons. The molecule has 28 heavy (non-hydrogen) atoms. The Morgan fingerprint density at radius 1 is 1.11 bits per heavy atom. The van der Waals surface area contributed by atoms with E-state index >= 15 is 0 Å². The molecular weight excluding hydrogens is 378 g/mol. The summed E-state index contributed by atoms with van der Waals surface area (Å²) >= 11 is 0. The van der Waals surface area contributed by atoms with Crippen molar-refractivity contribution in [2.45, 2.75) is 25.3 Å². The SMILES string of the molecule is CCN(Cc1ccccc1)C(=O)c1ccc(S(=O)(=O)Nc2cc(C)on2)cc1. The summed E-state index contributed by atoms with van der Waals surface area (Å²) in [5.74, 6) is 0.449. The van der Waals surface area contributed by atoms with Gasteiger partial charge < -0.3 is 9.42 Å². The van der Waals surface area contributed by atoms with Crippen LogP contribution >= 0.6 is 0 Å². The number of hydrogen-bond acceptors (Lipinski definition) is 5. The largest absolute Gasteiger partial charge is 0.360 e. The minimum absolute atomic E-state index is 0.0378. The zero-order chi connectivity index (χ0) is 20.1. The van der Waals surface area contributed by atoms with Gasteiger partial charge >= 0.3 is 0 Å². The van der Waals surface area contributed by atoms with Gasteiger partial charge in [0.2, 0.25) is 0 Å². The van der Waals surface area contributed by atoms with Crippen LogP contribution in [0, 0.1) is 6.92 Å². The quantitative estimate of drug-likeness (QED) is 0.657. The molecular formula is C20H21N3O4S. The van der Waals surface area contributed by atoms with Gasteiger partial charge in [-0.05, 0) is 43.7 Å². The molecule has 8 heteroatoms. The highest BCUT2D eigenvalue weighted by Crippen LogP contribution is 2.18. The summed E-state index contributed by atoms with van der Waals surface area (Å²) in [5.41, 5.74) is 1.46. The lowest BCUT2D eigenvalue weighted by atomic mass is 10.1. The number of nitrogens with zero attached hydrogens (tertiary/aromatic N) is 2. The molecule has 0 atom stereocenters. The second kappa shape index (κ2) is 8.26. The Hall–Kier alpha value is -3.13. The third-order valence-electron chi connectivity index (χ3n) is 4.16. The lowest BCUT2D eigenvalue weighted by molar-refractivity contribution is 0.0752. The first-order valence-corrected chi connectivity index (χ1v) is 10.3. The number of carbonyl (C=O) groups is 1. The van der Waals surface area contributed by atoms with Gasteiger partial charge in [-0.3, -0.25) is 9.52 Å². The van der Waals surface area contributed by atoms with Crippen LogP contribution in [0.1, 0.15) is 28.6 Å². The van der Waals surface area contributed by atoms with Crippen LogP contribution in [-0.4, -0.2) is 30.9 Å². The summed E-state index contributed by atoms with van der Waals surface area (Å²) < 4.78 is 32.1. The van der Waals surface area contributed by atoms with Crippen LogP contribution in [0.15, 0.2) is 70.1 Å². The number of amides is 1. The van der Waals surface area contributed by atoms with Crippen LogP contribution < -0.4 is 4.72 Å². The average Bonchev–Trinajstić information content (AvgIpc) is 3.10. The standard InChI is InChI=1S/C20H21N3O4S/c1-3-23(14-16-7-5-4-6-8-16)20(24)17-9-11-18(12-10-17)28(25,26)22-19-13-15(2)27-21-19/h4-13H,3,14H2,1-2H3,(H,21,22). The molecule has 0 aliphatic rings. The predicted octanol–water partition coefficient (Wildman–Crippen LogP) is 3.45. The molecule has 2 aromatic carbocycles. The van der Waals surface area contributed by atoms with Crippen molar-refractivity contribution < 1.29 is 17.7 Å². The molecule has 3 aromatic rings. The predicted molar refractivity (Wildman–Crippen MR) is 105 cm³/mol. The number of benzene rings is 2.